The molecule has 0 aliphatic rings. The molecule has 0 saturated carbocycles. The molecule has 1 N–H and O–H groups in total. The predicted molar refractivity (Wildman–Crippen MR) is 83.5 cm³/mol. The zero-order valence-electron chi connectivity index (χ0n) is 12.5. The van der Waals surface area contributed by atoms with Gasteiger partial charge in [-0.05, 0) is 18.6 Å². The van der Waals surface area contributed by atoms with Gasteiger partial charge < -0.3 is 10.1 Å². The van der Waals surface area contributed by atoms with Crippen molar-refractivity contribution in [1.82, 2.24) is 5.32 Å². The molecule has 1 amide bonds. The normalized spacial score (nSPS) is 11.8. The summed E-state index contributed by atoms with van der Waals surface area (Å²) in [6.45, 7) is 2.12. The molecule has 0 heterocycles. The number of rotatable bonds is 8. The Bertz CT molecular complexity index is 476. The van der Waals surface area contributed by atoms with Gasteiger partial charge in [0.05, 0.1) is 17.7 Å². The lowest BCUT2D eigenvalue weighted by Gasteiger charge is -2.16. The van der Waals surface area contributed by atoms with Gasteiger partial charge in [0.2, 0.25) is 0 Å². The summed E-state index contributed by atoms with van der Waals surface area (Å²) in [4.78, 5) is 23.9. The monoisotopic (exact) mass is 311 g/mol. The number of benzene rings is 1. The maximum absolute atomic E-state index is 12.2. The number of hydrogen-bond acceptors (Lipinski definition) is 3. The molecule has 4 nitrogen and oxygen atoms in total. The van der Waals surface area contributed by atoms with Gasteiger partial charge in [0.1, 0.15) is 6.04 Å². The Morgan fingerprint density at radius 1 is 1.24 bits per heavy atom. The van der Waals surface area contributed by atoms with Crippen LogP contribution in [-0.2, 0) is 9.53 Å². The van der Waals surface area contributed by atoms with E-state index in [-0.39, 0.29) is 5.91 Å². The summed E-state index contributed by atoms with van der Waals surface area (Å²) >= 11 is 5.98. The smallest absolute Gasteiger partial charge is 0.328 e. The lowest BCUT2D eigenvalue weighted by Crippen LogP contribution is -2.41. The topological polar surface area (TPSA) is 55.4 Å². The number of halogens is 1. The van der Waals surface area contributed by atoms with E-state index in [2.05, 4.69) is 12.2 Å². The molecule has 0 unspecified atom stereocenters. The Balaban J connectivity index is 2.65. The minimum absolute atomic E-state index is 0.355. The van der Waals surface area contributed by atoms with E-state index in [0.717, 1.165) is 25.7 Å². The third-order valence-corrected chi connectivity index (χ3v) is 3.59. The van der Waals surface area contributed by atoms with Crippen molar-refractivity contribution in [1.29, 1.82) is 0 Å². The second kappa shape index (κ2) is 9.40. The van der Waals surface area contributed by atoms with Gasteiger partial charge in [-0.25, -0.2) is 4.79 Å². The van der Waals surface area contributed by atoms with Crippen molar-refractivity contribution in [3.63, 3.8) is 0 Å². The van der Waals surface area contributed by atoms with E-state index in [0.29, 0.717) is 17.0 Å². The van der Waals surface area contributed by atoms with Crippen molar-refractivity contribution in [2.45, 2.75) is 45.1 Å². The van der Waals surface area contributed by atoms with Crippen molar-refractivity contribution in [3.8, 4) is 0 Å². The summed E-state index contributed by atoms with van der Waals surface area (Å²) in [7, 11) is 1.32. The Morgan fingerprint density at radius 2 is 1.95 bits per heavy atom. The number of methoxy groups -OCH3 is 1. The van der Waals surface area contributed by atoms with Gasteiger partial charge in [0.15, 0.2) is 0 Å². The fraction of sp³-hybridized carbons (Fsp3) is 0.500. The molecule has 0 radical (unpaired) electrons. The van der Waals surface area contributed by atoms with Crippen LogP contribution in [-0.4, -0.2) is 25.0 Å². The quantitative estimate of drug-likeness (QED) is 0.589. The molecule has 1 rings (SSSR count). The zero-order valence-corrected chi connectivity index (χ0v) is 13.3. The Hall–Kier alpha value is -1.55. The molecule has 0 aliphatic heterocycles. The fourth-order valence-electron chi connectivity index (χ4n) is 2.05. The van der Waals surface area contributed by atoms with E-state index in [9.17, 15) is 9.59 Å². The van der Waals surface area contributed by atoms with Crippen molar-refractivity contribution in [2.75, 3.05) is 7.11 Å². The molecule has 0 spiro atoms. The third kappa shape index (κ3) is 5.76. The van der Waals surface area contributed by atoms with Crippen molar-refractivity contribution in [2.24, 2.45) is 0 Å². The van der Waals surface area contributed by atoms with Crippen LogP contribution < -0.4 is 5.32 Å². The maximum Gasteiger partial charge on any atom is 0.328 e. The van der Waals surface area contributed by atoms with Gasteiger partial charge in [-0.15, -0.1) is 0 Å². The summed E-state index contributed by atoms with van der Waals surface area (Å²) in [5.41, 5.74) is 0.363. The van der Waals surface area contributed by atoms with Crippen LogP contribution in [0.25, 0.3) is 0 Å². The van der Waals surface area contributed by atoms with Crippen molar-refractivity contribution in [3.05, 3.63) is 34.9 Å². The van der Waals surface area contributed by atoms with E-state index in [1.165, 1.54) is 7.11 Å². The first kappa shape index (κ1) is 17.5. The molecule has 1 atom stereocenters. The molecule has 0 fully saturated rings. The molecule has 0 aliphatic carbocycles. The van der Waals surface area contributed by atoms with Crippen LogP contribution in [0.4, 0.5) is 0 Å². The average molecular weight is 312 g/mol. The number of ether oxygens (including phenoxy) is 1. The number of unbranched alkanes of at least 4 members (excludes halogenated alkanes) is 3. The minimum atomic E-state index is -0.629. The van der Waals surface area contributed by atoms with Gasteiger partial charge in [0.25, 0.3) is 5.91 Å². The van der Waals surface area contributed by atoms with Crippen molar-refractivity contribution >= 4 is 23.5 Å². The third-order valence-electron chi connectivity index (χ3n) is 3.26. The number of esters is 1. The highest BCUT2D eigenvalue weighted by Gasteiger charge is 2.22. The molecular formula is C16H22ClNO3. The maximum atomic E-state index is 12.2. The van der Waals surface area contributed by atoms with Crippen LogP contribution in [0.3, 0.4) is 0 Å². The standard InChI is InChI=1S/C16H22ClNO3/c1-3-4-5-6-11-14(16(20)21-2)18-15(19)12-9-7-8-10-13(12)17/h7-10,14H,3-6,11H2,1-2H3,(H,18,19)/t14-/m1/s1. The van der Waals surface area contributed by atoms with E-state index in [1.54, 1.807) is 24.3 Å². The SMILES string of the molecule is CCCCCC[C@@H](NC(=O)c1ccccc1Cl)C(=O)OC. The molecule has 0 saturated heterocycles. The van der Waals surface area contributed by atoms with Gasteiger partial charge >= 0.3 is 5.97 Å². The molecule has 0 bridgehead atoms. The summed E-state index contributed by atoms with van der Waals surface area (Å²) in [5.74, 6) is -0.779. The summed E-state index contributed by atoms with van der Waals surface area (Å²) < 4.78 is 4.75. The zero-order chi connectivity index (χ0) is 15.7. The van der Waals surface area contributed by atoms with Gasteiger partial charge in [-0.3, -0.25) is 4.79 Å². The van der Waals surface area contributed by atoms with E-state index in [1.807, 2.05) is 0 Å². The molecule has 1 aromatic rings. The number of amides is 1. The van der Waals surface area contributed by atoms with Gasteiger partial charge in [-0.2, -0.15) is 0 Å². The van der Waals surface area contributed by atoms with Crippen LogP contribution in [0.1, 0.15) is 49.4 Å². The van der Waals surface area contributed by atoms with Crippen LogP contribution in [0.15, 0.2) is 24.3 Å². The van der Waals surface area contributed by atoms with Crippen LogP contribution >= 0.6 is 11.6 Å². The Morgan fingerprint density at radius 3 is 2.57 bits per heavy atom. The first-order chi connectivity index (χ1) is 10.1. The van der Waals surface area contributed by atoms with Crippen LogP contribution in [0.5, 0.6) is 0 Å². The highest BCUT2D eigenvalue weighted by Crippen LogP contribution is 2.15. The van der Waals surface area contributed by atoms with E-state index in [4.69, 9.17) is 16.3 Å². The Kier molecular flexibility index (Phi) is 7.83. The first-order valence-corrected chi connectivity index (χ1v) is 7.61. The molecular weight excluding hydrogens is 290 g/mol. The number of carbonyl (C=O) groups excluding carboxylic acids is 2. The van der Waals surface area contributed by atoms with Crippen LogP contribution in [0, 0.1) is 0 Å². The van der Waals surface area contributed by atoms with E-state index >= 15 is 0 Å². The van der Waals surface area contributed by atoms with Crippen molar-refractivity contribution < 1.29 is 14.3 Å². The minimum Gasteiger partial charge on any atom is -0.467 e. The van der Waals surface area contributed by atoms with E-state index < -0.39 is 12.0 Å². The first-order valence-electron chi connectivity index (χ1n) is 7.23. The predicted octanol–water partition coefficient (Wildman–Crippen LogP) is 3.58. The average Bonchev–Trinajstić information content (AvgIpc) is 2.49. The summed E-state index contributed by atoms with van der Waals surface area (Å²) in [6, 6.07) is 6.13. The van der Waals surface area contributed by atoms with Crippen LogP contribution in [0.2, 0.25) is 5.02 Å². The summed E-state index contributed by atoms with van der Waals surface area (Å²) in [5, 5.41) is 3.07. The second-order valence-electron chi connectivity index (χ2n) is 4.88. The highest BCUT2D eigenvalue weighted by molar-refractivity contribution is 6.33. The Labute approximate surface area is 130 Å². The lowest BCUT2D eigenvalue weighted by atomic mass is 10.1. The molecule has 116 valence electrons. The second-order valence-corrected chi connectivity index (χ2v) is 5.29. The number of carbonyl (C=O) groups is 2. The molecule has 21 heavy (non-hydrogen) atoms. The fourth-order valence-corrected chi connectivity index (χ4v) is 2.27. The number of nitrogens with one attached hydrogen (secondary N) is 1. The lowest BCUT2D eigenvalue weighted by molar-refractivity contribution is -0.143. The van der Waals surface area contributed by atoms with Gasteiger partial charge in [0, 0.05) is 0 Å². The van der Waals surface area contributed by atoms with Gasteiger partial charge in [-0.1, -0.05) is 56.3 Å². The molecule has 5 heteroatoms. The largest absolute Gasteiger partial charge is 0.467 e. The molecule has 1 aromatic carbocycles. The summed E-state index contributed by atoms with van der Waals surface area (Å²) in [6.07, 6.45) is 4.71. The number of hydrogen-bond donors (Lipinski definition) is 1. The highest BCUT2D eigenvalue weighted by atomic mass is 35.5. The molecule has 0 aromatic heterocycles.